The Morgan fingerprint density at radius 1 is 1.08 bits per heavy atom. The summed E-state index contributed by atoms with van der Waals surface area (Å²) in [6, 6.07) is 11.5. The Morgan fingerprint density at radius 3 is 2.46 bits per heavy atom. The van der Waals surface area contributed by atoms with Gasteiger partial charge in [0.1, 0.15) is 17.4 Å². The van der Waals surface area contributed by atoms with Crippen molar-refractivity contribution in [2.75, 3.05) is 13.2 Å². The minimum absolute atomic E-state index is 0.221. The molecule has 0 saturated carbocycles. The van der Waals surface area contributed by atoms with Crippen LogP contribution in [0.25, 0.3) is 0 Å². The highest BCUT2D eigenvalue weighted by Gasteiger charge is 2.17. The van der Waals surface area contributed by atoms with Crippen LogP contribution in [0.3, 0.4) is 0 Å². The molecule has 0 aliphatic carbocycles. The smallest absolute Gasteiger partial charge is 0.347 e. The number of carbonyl (C=O) groups is 2. The molecule has 2 aromatic carbocycles. The summed E-state index contributed by atoms with van der Waals surface area (Å²) in [6.07, 6.45) is -0.622. The molecular formula is C19H19F2NO4. The lowest BCUT2D eigenvalue weighted by molar-refractivity contribution is -0.154. The maximum atomic E-state index is 13.4. The van der Waals surface area contributed by atoms with E-state index >= 15 is 0 Å². The second-order valence-electron chi connectivity index (χ2n) is 5.51. The van der Waals surface area contributed by atoms with Crippen LogP contribution in [0.5, 0.6) is 5.75 Å². The molecule has 0 aliphatic heterocycles. The minimum atomic E-state index is -0.952. The van der Waals surface area contributed by atoms with Crippen molar-refractivity contribution >= 4 is 11.9 Å². The molecule has 0 radical (unpaired) electrons. The Labute approximate surface area is 149 Å². The first-order chi connectivity index (χ1) is 12.5. The van der Waals surface area contributed by atoms with Crippen molar-refractivity contribution in [2.45, 2.75) is 19.4 Å². The fourth-order valence-corrected chi connectivity index (χ4v) is 2.11. The van der Waals surface area contributed by atoms with E-state index < -0.39 is 30.4 Å². The number of hydrogen-bond acceptors (Lipinski definition) is 4. The van der Waals surface area contributed by atoms with Gasteiger partial charge in [0.15, 0.2) is 12.7 Å². The van der Waals surface area contributed by atoms with Crippen molar-refractivity contribution in [1.82, 2.24) is 5.32 Å². The molecule has 1 N–H and O–H groups in total. The van der Waals surface area contributed by atoms with Crippen molar-refractivity contribution in [3.8, 4) is 5.75 Å². The van der Waals surface area contributed by atoms with E-state index in [2.05, 4.69) is 5.32 Å². The summed E-state index contributed by atoms with van der Waals surface area (Å²) in [7, 11) is 0. The zero-order valence-corrected chi connectivity index (χ0v) is 14.2. The predicted octanol–water partition coefficient (Wildman–Crippen LogP) is 2.63. The Hall–Kier alpha value is -2.96. The summed E-state index contributed by atoms with van der Waals surface area (Å²) >= 11 is 0. The van der Waals surface area contributed by atoms with Gasteiger partial charge in [-0.1, -0.05) is 18.2 Å². The number of esters is 1. The quantitative estimate of drug-likeness (QED) is 0.733. The third kappa shape index (κ3) is 6.16. The first kappa shape index (κ1) is 19.4. The predicted molar refractivity (Wildman–Crippen MR) is 90.6 cm³/mol. The fourth-order valence-electron chi connectivity index (χ4n) is 2.11. The Kier molecular flexibility index (Phi) is 7.08. The maximum absolute atomic E-state index is 13.4. The molecule has 5 nitrogen and oxygen atoms in total. The zero-order valence-electron chi connectivity index (χ0n) is 14.2. The van der Waals surface area contributed by atoms with Crippen LogP contribution in [-0.4, -0.2) is 31.1 Å². The topological polar surface area (TPSA) is 64.6 Å². The van der Waals surface area contributed by atoms with Crippen molar-refractivity contribution in [3.63, 3.8) is 0 Å². The Bertz CT molecular complexity index is 749. The van der Waals surface area contributed by atoms with Crippen molar-refractivity contribution in [1.29, 1.82) is 0 Å². The number of benzene rings is 2. The van der Waals surface area contributed by atoms with E-state index in [4.69, 9.17) is 9.47 Å². The van der Waals surface area contributed by atoms with Gasteiger partial charge in [-0.3, -0.25) is 4.79 Å². The first-order valence-electron chi connectivity index (χ1n) is 8.04. The number of carbonyl (C=O) groups excluding carboxylic acids is 2. The lowest BCUT2D eigenvalue weighted by Gasteiger charge is -2.14. The van der Waals surface area contributed by atoms with Gasteiger partial charge >= 0.3 is 5.97 Å². The average molecular weight is 363 g/mol. The van der Waals surface area contributed by atoms with Crippen LogP contribution >= 0.6 is 0 Å². The molecule has 0 aliphatic rings. The van der Waals surface area contributed by atoms with E-state index in [0.29, 0.717) is 17.7 Å². The normalized spacial score (nSPS) is 11.5. The van der Waals surface area contributed by atoms with Gasteiger partial charge in [0, 0.05) is 6.54 Å². The van der Waals surface area contributed by atoms with Gasteiger partial charge in [-0.2, -0.15) is 0 Å². The van der Waals surface area contributed by atoms with Crippen LogP contribution in [0.1, 0.15) is 12.5 Å². The summed E-state index contributed by atoms with van der Waals surface area (Å²) in [5.41, 5.74) is 0.492. The van der Waals surface area contributed by atoms with Crippen molar-refractivity contribution in [3.05, 3.63) is 65.7 Å². The molecule has 0 saturated heterocycles. The second-order valence-corrected chi connectivity index (χ2v) is 5.51. The number of halogens is 2. The van der Waals surface area contributed by atoms with Gasteiger partial charge in [-0.25, -0.2) is 13.6 Å². The van der Waals surface area contributed by atoms with Crippen LogP contribution in [-0.2, 0) is 20.7 Å². The number of amides is 1. The molecule has 0 aromatic heterocycles. The highest BCUT2D eigenvalue weighted by molar-refractivity contribution is 5.81. The third-order valence-electron chi connectivity index (χ3n) is 3.48. The van der Waals surface area contributed by atoms with Gasteiger partial charge < -0.3 is 14.8 Å². The lowest BCUT2D eigenvalue weighted by Crippen LogP contribution is -2.33. The molecule has 0 bridgehead atoms. The maximum Gasteiger partial charge on any atom is 0.347 e. The summed E-state index contributed by atoms with van der Waals surface area (Å²) in [6.45, 7) is 1.22. The van der Waals surface area contributed by atoms with Crippen LogP contribution in [0.15, 0.2) is 48.5 Å². The Morgan fingerprint density at radius 2 is 1.77 bits per heavy atom. The van der Waals surface area contributed by atoms with Gasteiger partial charge in [0.2, 0.25) is 0 Å². The number of hydrogen-bond donors (Lipinski definition) is 1. The summed E-state index contributed by atoms with van der Waals surface area (Å²) in [5, 5.41) is 2.54. The highest BCUT2D eigenvalue weighted by Crippen LogP contribution is 2.13. The van der Waals surface area contributed by atoms with E-state index in [-0.39, 0.29) is 12.4 Å². The number of nitrogens with one attached hydrogen (secondary N) is 1. The summed E-state index contributed by atoms with van der Waals surface area (Å²) < 4.78 is 36.4. The largest absolute Gasteiger partial charge is 0.479 e. The van der Waals surface area contributed by atoms with E-state index in [0.717, 1.165) is 0 Å². The molecule has 1 amide bonds. The van der Waals surface area contributed by atoms with Gasteiger partial charge in [-0.05, 0) is 49.2 Å². The molecule has 2 rings (SSSR count). The fraction of sp³-hybridized carbons (Fsp3) is 0.263. The molecule has 1 atom stereocenters. The molecule has 138 valence electrons. The number of ether oxygens (including phenoxy) is 2. The molecule has 0 spiro atoms. The van der Waals surface area contributed by atoms with Crippen LogP contribution < -0.4 is 10.1 Å². The van der Waals surface area contributed by atoms with Gasteiger partial charge in [0.25, 0.3) is 5.91 Å². The van der Waals surface area contributed by atoms with Crippen LogP contribution in [0.4, 0.5) is 8.78 Å². The van der Waals surface area contributed by atoms with Crippen LogP contribution in [0, 0.1) is 11.6 Å². The SMILES string of the molecule is C[C@H](Oc1ccc(F)cc1)C(=O)OCC(=O)NCCc1ccccc1F. The summed E-state index contributed by atoms with van der Waals surface area (Å²) in [4.78, 5) is 23.5. The standard InChI is InChI=1S/C19H19F2NO4/c1-13(26-16-8-6-15(20)7-9-16)19(24)25-12-18(23)22-11-10-14-4-2-3-5-17(14)21/h2-9,13H,10-12H2,1H3,(H,22,23)/t13-/m0/s1. The lowest BCUT2D eigenvalue weighted by atomic mass is 10.1. The molecule has 0 unspecified atom stereocenters. The average Bonchev–Trinajstić information content (AvgIpc) is 2.63. The third-order valence-corrected chi connectivity index (χ3v) is 3.48. The number of rotatable bonds is 8. The molecular weight excluding hydrogens is 344 g/mol. The van der Waals surface area contributed by atoms with Crippen molar-refractivity contribution in [2.24, 2.45) is 0 Å². The summed E-state index contributed by atoms with van der Waals surface area (Å²) in [5.74, 6) is -1.66. The Balaban J connectivity index is 1.68. The van der Waals surface area contributed by atoms with E-state index in [9.17, 15) is 18.4 Å². The van der Waals surface area contributed by atoms with Crippen LogP contribution in [0.2, 0.25) is 0 Å². The zero-order chi connectivity index (χ0) is 18.9. The molecule has 26 heavy (non-hydrogen) atoms. The molecule has 2 aromatic rings. The van der Waals surface area contributed by atoms with Gasteiger partial charge in [0.05, 0.1) is 0 Å². The molecule has 7 heteroatoms. The van der Waals surface area contributed by atoms with Crippen molar-refractivity contribution < 1.29 is 27.8 Å². The molecule has 0 heterocycles. The monoisotopic (exact) mass is 363 g/mol. The first-order valence-corrected chi connectivity index (χ1v) is 8.04. The van der Waals surface area contributed by atoms with E-state index in [1.165, 1.54) is 37.3 Å². The highest BCUT2D eigenvalue weighted by atomic mass is 19.1. The second kappa shape index (κ2) is 9.50. The van der Waals surface area contributed by atoms with E-state index in [1.807, 2.05) is 0 Å². The van der Waals surface area contributed by atoms with E-state index in [1.54, 1.807) is 18.2 Å². The molecule has 0 fully saturated rings. The van der Waals surface area contributed by atoms with Gasteiger partial charge in [-0.15, -0.1) is 0 Å². The minimum Gasteiger partial charge on any atom is -0.479 e.